The highest BCUT2D eigenvalue weighted by atomic mass is 35.5. The first kappa shape index (κ1) is 20.3. The maximum atomic E-state index is 12.8. The highest BCUT2D eigenvalue weighted by Crippen LogP contribution is 2.22. The summed E-state index contributed by atoms with van der Waals surface area (Å²) in [5.74, 6) is 0.488. The Bertz CT molecular complexity index is 637. The summed E-state index contributed by atoms with van der Waals surface area (Å²) in [5.41, 5.74) is 0.345. The number of nitrogens with zero attached hydrogens (tertiary/aromatic N) is 3. The van der Waals surface area contributed by atoms with Crippen LogP contribution in [-0.4, -0.2) is 66.0 Å². The lowest BCUT2D eigenvalue weighted by atomic mass is 9.97. The second-order valence-electron chi connectivity index (χ2n) is 7.62. The van der Waals surface area contributed by atoms with Crippen molar-refractivity contribution in [1.29, 1.82) is 0 Å². The van der Waals surface area contributed by atoms with Crippen molar-refractivity contribution in [3.8, 4) is 5.88 Å². The van der Waals surface area contributed by atoms with Crippen LogP contribution in [0.1, 0.15) is 49.9 Å². The maximum Gasteiger partial charge on any atom is 0.256 e. The molecule has 0 saturated carbocycles. The average Bonchev–Trinajstić information content (AvgIpc) is 2.68. The molecule has 1 aromatic rings. The number of rotatable bonds is 6. The van der Waals surface area contributed by atoms with Gasteiger partial charge in [-0.1, -0.05) is 11.6 Å². The van der Waals surface area contributed by atoms with Gasteiger partial charge in [-0.2, -0.15) is 0 Å². The Kier molecular flexibility index (Phi) is 7.26. The van der Waals surface area contributed by atoms with Gasteiger partial charge in [0.05, 0.1) is 13.2 Å². The van der Waals surface area contributed by atoms with E-state index in [4.69, 9.17) is 21.1 Å². The van der Waals surface area contributed by atoms with E-state index >= 15 is 0 Å². The molecule has 2 fully saturated rings. The predicted octanol–water partition coefficient (Wildman–Crippen LogP) is 2.54. The number of ether oxygens (including phenoxy) is 2. The summed E-state index contributed by atoms with van der Waals surface area (Å²) >= 11 is 5.97. The molecule has 8 heteroatoms. The molecule has 0 aliphatic carbocycles. The van der Waals surface area contributed by atoms with Gasteiger partial charge in [-0.15, -0.1) is 10.2 Å². The van der Waals surface area contributed by atoms with Crippen LogP contribution in [0.2, 0.25) is 5.15 Å². The molecule has 3 heterocycles. The van der Waals surface area contributed by atoms with E-state index in [1.165, 1.54) is 12.5 Å². The minimum absolute atomic E-state index is 0.0151. The molecule has 0 spiro atoms. The number of aromatic nitrogens is 2. The SMILES string of the molecule is CC(C)N1CCC[C@H](CNC(=O)c2cc(Cl)nnc2OC2CCOCC2)C1. The Hall–Kier alpha value is -1.44. The van der Waals surface area contributed by atoms with Gasteiger partial charge in [-0.3, -0.25) is 4.79 Å². The van der Waals surface area contributed by atoms with E-state index in [1.807, 2.05) is 0 Å². The molecule has 2 saturated heterocycles. The Morgan fingerprint density at radius 1 is 1.37 bits per heavy atom. The van der Waals surface area contributed by atoms with Gasteiger partial charge in [0.15, 0.2) is 5.15 Å². The highest BCUT2D eigenvalue weighted by molar-refractivity contribution is 6.29. The van der Waals surface area contributed by atoms with Crippen LogP contribution in [0.3, 0.4) is 0 Å². The van der Waals surface area contributed by atoms with Gasteiger partial charge < -0.3 is 19.7 Å². The molecule has 2 aliphatic rings. The number of amides is 1. The zero-order chi connectivity index (χ0) is 19.2. The fourth-order valence-electron chi connectivity index (χ4n) is 3.62. The normalized spacial score (nSPS) is 22.0. The minimum Gasteiger partial charge on any atom is -0.473 e. The summed E-state index contributed by atoms with van der Waals surface area (Å²) in [6.45, 7) is 8.52. The van der Waals surface area contributed by atoms with Gasteiger partial charge in [0.1, 0.15) is 11.7 Å². The first-order chi connectivity index (χ1) is 13.0. The third-order valence-electron chi connectivity index (χ3n) is 5.25. The number of piperidine rings is 1. The van der Waals surface area contributed by atoms with Crippen molar-refractivity contribution in [2.45, 2.75) is 51.7 Å². The molecule has 0 bridgehead atoms. The van der Waals surface area contributed by atoms with Crippen LogP contribution in [-0.2, 0) is 4.74 Å². The summed E-state index contributed by atoms with van der Waals surface area (Å²) in [7, 11) is 0. The first-order valence-electron chi connectivity index (χ1n) is 9.82. The van der Waals surface area contributed by atoms with Gasteiger partial charge in [0.25, 0.3) is 5.91 Å². The third kappa shape index (κ3) is 5.77. The smallest absolute Gasteiger partial charge is 0.256 e. The van der Waals surface area contributed by atoms with E-state index in [0.717, 1.165) is 32.4 Å². The first-order valence-corrected chi connectivity index (χ1v) is 10.2. The van der Waals surface area contributed by atoms with E-state index in [2.05, 4.69) is 34.3 Å². The van der Waals surface area contributed by atoms with Crippen molar-refractivity contribution < 1.29 is 14.3 Å². The van der Waals surface area contributed by atoms with E-state index in [1.54, 1.807) is 0 Å². The second-order valence-corrected chi connectivity index (χ2v) is 8.01. The van der Waals surface area contributed by atoms with Gasteiger partial charge in [0, 0.05) is 32.0 Å². The monoisotopic (exact) mass is 396 g/mol. The molecule has 0 radical (unpaired) electrons. The van der Waals surface area contributed by atoms with Crippen LogP contribution >= 0.6 is 11.6 Å². The molecule has 3 rings (SSSR count). The van der Waals surface area contributed by atoms with Gasteiger partial charge >= 0.3 is 0 Å². The predicted molar refractivity (Wildman–Crippen MR) is 103 cm³/mol. The van der Waals surface area contributed by atoms with Gasteiger partial charge in [-0.25, -0.2) is 0 Å². The summed E-state index contributed by atoms with van der Waals surface area (Å²) in [5, 5.41) is 11.1. The third-order valence-corrected chi connectivity index (χ3v) is 5.44. The lowest BCUT2D eigenvalue weighted by Crippen LogP contribution is -2.43. The van der Waals surface area contributed by atoms with E-state index in [9.17, 15) is 4.79 Å². The topological polar surface area (TPSA) is 76.6 Å². The van der Waals surface area contributed by atoms with Crippen LogP contribution in [0.25, 0.3) is 0 Å². The number of hydrogen-bond acceptors (Lipinski definition) is 6. The van der Waals surface area contributed by atoms with Gasteiger partial charge in [-0.05, 0) is 45.2 Å². The van der Waals surface area contributed by atoms with Crippen molar-refractivity contribution in [1.82, 2.24) is 20.4 Å². The summed E-state index contributed by atoms with van der Waals surface area (Å²) in [6.07, 6.45) is 3.83. The largest absolute Gasteiger partial charge is 0.473 e. The van der Waals surface area contributed by atoms with Crippen LogP contribution in [0, 0.1) is 5.92 Å². The molecule has 150 valence electrons. The fraction of sp³-hybridized carbons (Fsp3) is 0.737. The van der Waals surface area contributed by atoms with Crippen molar-refractivity contribution >= 4 is 17.5 Å². The summed E-state index contributed by atoms with van der Waals surface area (Å²) in [4.78, 5) is 15.2. The maximum absolute atomic E-state index is 12.8. The molecule has 27 heavy (non-hydrogen) atoms. The molecule has 1 amide bonds. The van der Waals surface area contributed by atoms with Crippen LogP contribution in [0.15, 0.2) is 6.07 Å². The highest BCUT2D eigenvalue weighted by Gasteiger charge is 2.24. The molecule has 0 unspecified atom stereocenters. The lowest BCUT2D eigenvalue weighted by Gasteiger charge is -2.35. The number of carbonyl (C=O) groups excluding carboxylic acids is 1. The molecule has 0 aromatic carbocycles. The van der Waals surface area contributed by atoms with Crippen LogP contribution in [0.4, 0.5) is 0 Å². The molecule has 1 aromatic heterocycles. The van der Waals surface area contributed by atoms with E-state index in [-0.39, 0.29) is 23.0 Å². The second kappa shape index (κ2) is 9.66. The molecule has 2 aliphatic heterocycles. The number of halogens is 1. The van der Waals surface area contributed by atoms with Crippen molar-refractivity contribution in [2.24, 2.45) is 5.92 Å². The van der Waals surface area contributed by atoms with E-state index < -0.39 is 0 Å². The molecule has 7 nitrogen and oxygen atoms in total. The standard InChI is InChI=1S/C19H29ClN4O3/c1-13(2)24-7-3-4-14(12-24)11-21-18(25)16-10-17(20)22-23-19(16)27-15-5-8-26-9-6-15/h10,13-15H,3-9,11-12H2,1-2H3,(H,21,25)/t14-/m1/s1. The number of carbonyl (C=O) groups is 1. The Labute approximate surface area is 165 Å². The minimum atomic E-state index is -0.212. The quantitative estimate of drug-likeness (QED) is 0.796. The summed E-state index contributed by atoms with van der Waals surface area (Å²) < 4.78 is 11.3. The Morgan fingerprint density at radius 3 is 2.89 bits per heavy atom. The molecule has 1 N–H and O–H groups in total. The number of likely N-dealkylation sites (tertiary alicyclic amines) is 1. The zero-order valence-electron chi connectivity index (χ0n) is 16.1. The van der Waals surface area contributed by atoms with Crippen molar-refractivity contribution in [3.63, 3.8) is 0 Å². The molecular formula is C19H29ClN4O3. The average molecular weight is 397 g/mol. The number of hydrogen-bond donors (Lipinski definition) is 1. The Morgan fingerprint density at radius 2 is 2.15 bits per heavy atom. The van der Waals surface area contributed by atoms with Crippen molar-refractivity contribution in [2.75, 3.05) is 32.8 Å². The zero-order valence-corrected chi connectivity index (χ0v) is 16.9. The van der Waals surface area contributed by atoms with E-state index in [0.29, 0.717) is 37.3 Å². The Balaban J connectivity index is 1.60. The van der Waals surface area contributed by atoms with Gasteiger partial charge in [0.2, 0.25) is 5.88 Å². The number of nitrogens with one attached hydrogen (secondary N) is 1. The molecule has 1 atom stereocenters. The van der Waals surface area contributed by atoms with Crippen LogP contribution < -0.4 is 10.1 Å². The fourth-order valence-corrected chi connectivity index (χ4v) is 3.77. The van der Waals surface area contributed by atoms with Crippen molar-refractivity contribution in [3.05, 3.63) is 16.8 Å². The van der Waals surface area contributed by atoms with Crippen LogP contribution in [0.5, 0.6) is 5.88 Å². The summed E-state index contributed by atoms with van der Waals surface area (Å²) in [6, 6.07) is 2.06. The molecular weight excluding hydrogens is 368 g/mol. The lowest BCUT2D eigenvalue weighted by molar-refractivity contribution is 0.0229.